The number of amides is 2. The molecule has 2 amide bonds. The van der Waals surface area contributed by atoms with Crippen LogP contribution >= 0.6 is 0 Å². The number of rotatable bonds is 3. The number of imidazole rings is 1. The Kier molecular flexibility index (Phi) is 4.67. The SMILES string of the molecule is O=C1CCN(C(=O)c2ccc3nc[nH]c3c2)CCN1Cc1ccc2ccccc2c1. The molecule has 2 heterocycles. The lowest BCUT2D eigenvalue weighted by Gasteiger charge is -2.22. The summed E-state index contributed by atoms with van der Waals surface area (Å²) in [7, 11) is 0. The number of carbonyl (C=O) groups is 2. The van der Waals surface area contributed by atoms with Gasteiger partial charge in [0, 0.05) is 38.2 Å². The Hall–Kier alpha value is -3.67. The largest absolute Gasteiger partial charge is 0.345 e. The van der Waals surface area contributed by atoms with E-state index < -0.39 is 0 Å². The quantitative estimate of drug-likeness (QED) is 0.573. The smallest absolute Gasteiger partial charge is 0.254 e. The van der Waals surface area contributed by atoms with Crippen LogP contribution in [0, 0.1) is 0 Å². The summed E-state index contributed by atoms with van der Waals surface area (Å²) in [5, 5.41) is 2.36. The van der Waals surface area contributed by atoms with Crippen molar-refractivity contribution in [3.05, 3.63) is 78.1 Å². The third-order valence-corrected chi connectivity index (χ3v) is 5.73. The minimum absolute atomic E-state index is 0.0492. The van der Waals surface area contributed by atoms with E-state index in [2.05, 4.69) is 40.3 Å². The fraction of sp³-hybridized carbons (Fsp3) is 0.208. The van der Waals surface area contributed by atoms with Crippen molar-refractivity contribution in [2.45, 2.75) is 13.0 Å². The van der Waals surface area contributed by atoms with Crippen molar-refractivity contribution in [2.75, 3.05) is 19.6 Å². The average molecular weight is 398 g/mol. The number of benzene rings is 3. The maximum atomic E-state index is 13.0. The molecule has 3 aromatic carbocycles. The van der Waals surface area contributed by atoms with Crippen molar-refractivity contribution in [2.24, 2.45) is 0 Å². The monoisotopic (exact) mass is 398 g/mol. The molecule has 6 heteroatoms. The Morgan fingerprint density at radius 2 is 1.83 bits per heavy atom. The number of aromatic amines is 1. The van der Waals surface area contributed by atoms with Gasteiger partial charge in [0.1, 0.15) is 0 Å². The Morgan fingerprint density at radius 1 is 0.967 bits per heavy atom. The second-order valence-electron chi connectivity index (χ2n) is 7.67. The summed E-state index contributed by atoms with van der Waals surface area (Å²) in [5.41, 5.74) is 3.39. The van der Waals surface area contributed by atoms with Gasteiger partial charge in [-0.3, -0.25) is 9.59 Å². The van der Waals surface area contributed by atoms with Gasteiger partial charge in [-0.2, -0.15) is 0 Å². The number of nitrogens with one attached hydrogen (secondary N) is 1. The zero-order valence-electron chi connectivity index (χ0n) is 16.5. The zero-order chi connectivity index (χ0) is 20.5. The van der Waals surface area contributed by atoms with Crippen LogP contribution < -0.4 is 0 Å². The van der Waals surface area contributed by atoms with Crippen molar-refractivity contribution in [1.29, 1.82) is 0 Å². The molecule has 6 nitrogen and oxygen atoms in total. The first-order valence-corrected chi connectivity index (χ1v) is 10.2. The van der Waals surface area contributed by atoms with Crippen LogP contribution in [0.2, 0.25) is 0 Å². The molecule has 150 valence electrons. The van der Waals surface area contributed by atoms with Crippen LogP contribution in [0.3, 0.4) is 0 Å². The molecule has 0 saturated carbocycles. The Labute approximate surface area is 174 Å². The van der Waals surface area contributed by atoms with Crippen molar-refractivity contribution >= 4 is 33.6 Å². The molecule has 4 aromatic rings. The van der Waals surface area contributed by atoms with E-state index >= 15 is 0 Å². The summed E-state index contributed by atoms with van der Waals surface area (Å²) in [5.74, 6) is 0.0364. The molecule has 0 unspecified atom stereocenters. The number of aromatic nitrogens is 2. The fourth-order valence-corrected chi connectivity index (χ4v) is 4.05. The van der Waals surface area contributed by atoms with Crippen LogP contribution in [0.15, 0.2) is 67.0 Å². The first-order chi connectivity index (χ1) is 14.7. The van der Waals surface area contributed by atoms with Gasteiger partial charge in [0.2, 0.25) is 5.91 Å². The molecule has 30 heavy (non-hydrogen) atoms. The average Bonchev–Trinajstić information content (AvgIpc) is 3.17. The van der Waals surface area contributed by atoms with Gasteiger partial charge < -0.3 is 14.8 Å². The maximum Gasteiger partial charge on any atom is 0.254 e. The summed E-state index contributed by atoms with van der Waals surface area (Å²) in [6.07, 6.45) is 1.96. The van der Waals surface area contributed by atoms with Gasteiger partial charge in [0.05, 0.1) is 17.4 Å². The maximum absolute atomic E-state index is 13.0. The Bertz CT molecular complexity index is 1250. The van der Waals surface area contributed by atoms with E-state index in [1.165, 1.54) is 10.8 Å². The van der Waals surface area contributed by atoms with Crippen molar-refractivity contribution in [1.82, 2.24) is 19.8 Å². The molecule has 1 aliphatic heterocycles. The summed E-state index contributed by atoms with van der Waals surface area (Å²) in [6, 6.07) is 20.0. The van der Waals surface area contributed by atoms with Crippen LogP contribution in [0.25, 0.3) is 21.8 Å². The lowest BCUT2D eigenvalue weighted by atomic mass is 10.1. The number of H-pyrrole nitrogens is 1. The highest BCUT2D eigenvalue weighted by molar-refractivity contribution is 5.97. The van der Waals surface area contributed by atoms with Gasteiger partial charge in [0.15, 0.2) is 0 Å². The minimum atomic E-state index is -0.0492. The molecule has 1 aliphatic rings. The zero-order valence-corrected chi connectivity index (χ0v) is 16.5. The van der Waals surface area contributed by atoms with E-state index in [0.717, 1.165) is 16.6 Å². The molecule has 0 spiro atoms. The number of hydrogen-bond donors (Lipinski definition) is 1. The van der Waals surface area contributed by atoms with Gasteiger partial charge in [0.25, 0.3) is 5.91 Å². The van der Waals surface area contributed by atoms with Crippen LogP contribution in [-0.4, -0.2) is 51.2 Å². The van der Waals surface area contributed by atoms with Gasteiger partial charge in [-0.15, -0.1) is 0 Å². The second kappa shape index (κ2) is 7.63. The molecule has 5 rings (SSSR count). The normalized spacial score (nSPS) is 15.0. The highest BCUT2D eigenvalue weighted by Gasteiger charge is 2.25. The number of hydrogen-bond acceptors (Lipinski definition) is 3. The van der Waals surface area contributed by atoms with Crippen LogP contribution in [0.1, 0.15) is 22.3 Å². The van der Waals surface area contributed by atoms with E-state index in [4.69, 9.17) is 0 Å². The van der Waals surface area contributed by atoms with Gasteiger partial charge >= 0.3 is 0 Å². The highest BCUT2D eigenvalue weighted by Crippen LogP contribution is 2.19. The van der Waals surface area contributed by atoms with E-state index in [1.807, 2.05) is 29.2 Å². The Morgan fingerprint density at radius 3 is 2.73 bits per heavy atom. The minimum Gasteiger partial charge on any atom is -0.345 e. The summed E-state index contributed by atoms with van der Waals surface area (Å²) in [6.45, 7) is 2.06. The van der Waals surface area contributed by atoms with Crippen molar-refractivity contribution < 1.29 is 9.59 Å². The molecule has 1 N–H and O–H groups in total. The molecular weight excluding hydrogens is 376 g/mol. The molecule has 0 aliphatic carbocycles. The first kappa shape index (κ1) is 18.4. The highest BCUT2D eigenvalue weighted by atomic mass is 16.2. The van der Waals surface area contributed by atoms with Gasteiger partial charge in [-0.05, 0) is 40.6 Å². The van der Waals surface area contributed by atoms with Gasteiger partial charge in [-0.25, -0.2) is 4.98 Å². The third kappa shape index (κ3) is 3.52. The van der Waals surface area contributed by atoms with Crippen LogP contribution in [0.5, 0.6) is 0 Å². The van der Waals surface area contributed by atoms with Crippen molar-refractivity contribution in [3.63, 3.8) is 0 Å². The summed E-state index contributed by atoms with van der Waals surface area (Å²) in [4.78, 5) is 36.6. The number of nitrogens with zero attached hydrogens (tertiary/aromatic N) is 3. The molecule has 0 bridgehead atoms. The molecular formula is C24H22N4O2. The standard InChI is InChI=1S/C24H22N4O2/c29-23-9-10-27(24(30)20-7-8-21-22(14-20)26-16-25-21)11-12-28(23)15-17-5-6-18-3-1-2-4-19(18)13-17/h1-8,13-14,16H,9-12,15H2,(H,25,26). The van der Waals surface area contributed by atoms with Gasteiger partial charge in [-0.1, -0.05) is 36.4 Å². The Balaban J connectivity index is 1.30. The van der Waals surface area contributed by atoms with Crippen LogP contribution in [-0.2, 0) is 11.3 Å². The van der Waals surface area contributed by atoms with E-state index in [-0.39, 0.29) is 11.8 Å². The first-order valence-electron chi connectivity index (χ1n) is 10.2. The lowest BCUT2D eigenvalue weighted by Crippen LogP contribution is -2.35. The molecule has 0 radical (unpaired) electrons. The second-order valence-corrected chi connectivity index (χ2v) is 7.67. The predicted molar refractivity (Wildman–Crippen MR) is 116 cm³/mol. The molecule has 1 fully saturated rings. The number of fused-ring (bicyclic) bond motifs is 2. The molecule has 1 aromatic heterocycles. The van der Waals surface area contributed by atoms with E-state index in [1.54, 1.807) is 17.3 Å². The van der Waals surface area contributed by atoms with E-state index in [9.17, 15) is 9.59 Å². The third-order valence-electron chi connectivity index (χ3n) is 5.73. The molecule has 0 atom stereocenters. The predicted octanol–water partition coefficient (Wildman–Crippen LogP) is 3.59. The van der Waals surface area contributed by atoms with Crippen LogP contribution in [0.4, 0.5) is 0 Å². The van der Waals surface area contributed by atoms with Crippen molar-refractivity contribution in [3.8, 4) is 0 Å². The van der Waals surface area contributed by atoms with E-state index in [0.29, 0.717) is 38.2 Å². The lowest BCUT2D eigenvalue weighted by molar-refractivity contribution is -0.130. The summed E-state index contributed by atoms with van der Waals surface area (Å²) >= 11 is 0. The number of carbonyl (C=O) groups excluding carboxylic acids is 2. The fourth-order valence-electron chi connectivity index (χ4n) is 4.05. The summed E-state index contributed by atoms with van der Waals surface area (Å²) < 4.78 is 0. The molecule has 1 saturated heterocycles. The topological polar surface area (TPSA) is 69.3 Å².